The first-order valence-electron chi connectivity index (χ1n) is 9.52. The fraction of sp³-hybridized carbons (Fsp3) is 0.579. The van der Waals surface area contributed by atoms with E-state index in [1.54, 1.807) is 6.20 Å². The lowest BCUT2D eigenvalue weighted by Crippen LogP contribution is -2.52. The molecule has 0 radical (unpaired) electrons. The third kappa shape index (κ3) is 2.20. The number of hydrogen-bond acceptors (Lipinski definition) is 4. The van der Waals surface area contributed by atoms with Gasteiger partial charge in [-0.1, -0.05) is 13.8 Å². The van der Waals surface area contributed by atoms with Gasteiger partial charge < -0.3 is 19.6 Å². The Morgan fingerprint density at radius 3 is 3.08 bits per heavy atom. The van der Waals surface area contributed by atoms with E-state index in [2.05, 4.69) is 23.8 Å². The molecule has 2 fully saturated rings. The van der Waals surface area contributed by atoms with Crippen LogP contribution in [0.1, 0.15) is 45.1 Å². The summed E-state index contributed by atoms with van der Waals surface area (Å²) >= 11 is 0. The molecule has 4 heterocycles. The highest BCUT2D eigenvalue weighted by molar-refractivity contribution is 6.62. The number of likely N-dealkylation sites (tertiary alicyclic amines) is 1. The minimum Gasteiger partial charge on any atom is -0.423 e. The summed E-state index contributed by atoms with van der Waals surface area (Å²) < 4.78 is 6.08. The van der Waals surface area contributed by atoms with Gasteiger partial charge in [-0.05, 0) is 42.2 Å². The first-order valence-corrected chi connectivity index (χ1v) is 9.52. The van der Waals surface area contributed by atoms with Crippen molar-refractivity contribution in [3.8, 4) is 0 Å². The highest BCUT2D eigenvalue weighted by Crippen LogP contribution is 2.62. The van der Waals surface area contributed by atoms with Crippen LogP contribution < -0.4 is 5.46 Å². The van der Waals surface area contributed by atoms with E-state index < -0.39 is 12.7 Å². The molecule has 0 atom stereocenters. The van der Waals surface area contributed by atoms with Crippen LogP contribution in [0.5, 0.6) is 0 Å². The summed E-state index contributed by atoms with van der Waals surface area (Å²) in [5, 5.41) is 11.5. The van der Waals surface area contributed by atoms with Crippen LogP contribution in [0.15, 0.2) is 18.5 Å². The lowest BCUT2D eigenvalue weighted by molar-refractivity contribution is -0.136. The monoisotopic (exact) mass is 353 g/mol. The van der Waals surface area contributed by atoms with Crippen LogP contribution in [0.3, 0.4) is 0 Å². The molecule has 1 saturated heterocycles. The Balaban J connectivity index is 1.41. The number of nitrogens with zero attached hydrogens (tertiary/aromatic N) is 2. The minimum absolute atomic E-state index is 0.125. The maximum atomic E-state index is 12.4. The Morgan fingerprint density at radius 2 is 2.31 bits per heavy atom. The molecule has 2 spiro atoms. The molecule has 2 aromatic heterocycles. The first kappa shape index (κ1) is 16.3. The fourth-order valence-electron chi connectivity index (χ4n) is 5.39. The second kappa shape index (κ2) is 5.33. The van der Waals surface area contributed by atoms with Gasteiger partial charge in [0, 0.05) is 42.8 Å². The quantitative estimate of drug-likeness (QED) is 0.803. The number of H-pyrrole nitrogens is 1. The highest BCUT2D eigenvalue weighted by atomic mass is 16.5. The van der Waals surface area contributed by atoms with Crippen LogP contribution in [0, 0.1) is 11.3 Å². The largest absolute Gasteiger partial charge is 0.493 e. The van der Waals surface area contributed by atoms with Crippen molar-refractivity contribution in [1.29, 1.82) is 0 Å². The topological polar surface area (TPSA) is 78.5 Å². The van der Waals surface area contributed by atoms with Crippen LogP contribution in [-0.4, -0.2) is 46.0 Å². The molecule has 6 nitrogen and oxygen atoms in total. The molecule has 2 aromatic rings. The molecule has 1 saturated carbocycles. The number of aromatic nitrogens is 2. The number of carbonyl (C=O) groups is 1. The number of fused-ring (bicyclic) bond motifs is 4. The Morgan fingerprint density at radius 1 is 1.50 bits per heavy atom. The van der Waals surface area contributed by atoms with Gasteiger partial charge in [-0.25, -0.2) is 4.98 Å². The van der Waals surface area contributed by atoms with Crippen LogP contribution in [0.2, 0.25) is 0 Å². The zero-order valence-corrected chi connectivity index (χ0v) is 15.3. The first-order chi connectivity index (χ1) is 12.4. The molecule has 1 aliphatic carbocycles. The molecule has 26 heavy (non-hydrogen) atoms. The highest BCUT2D eigenvalue weighted by Gasteiger charge is 2.63. The number of hydrogen-bond donors (Lipinski definition) is 2. The number of carbonyl (C=O) groups excluding carboxylic acids is 1. The number of aromatic amines is 1. The van der Waals surface area contributed by atoms with Gasteiger partial charge >= 0.3 is 7.12 Å². The van der Waals surface area contributed by atoms with Gasteiger partial charge in [-0.3, -0.25) is 4.79 Å². The summed E-state index contributed by atoms with van der Waals surface area (Å²) in [6.45, 7) is 5.83. The standard InChI is InChI=1S/C19H24BN3O3/c1-12(2)7-15(24)23-6-4-18(11-23)9-19(10-18)16-13-3-5-21-17(13)22-8-14(16)20(25)26-19/h3,5,8,12,25H,4,6-7,9-11H2,1-2H3,(H,21,22). The Kier molecular flexibility index (Phi) is 3.35. The van der Waals surface area contributed by atoms with E-state index in [4.69, 9.17) is 4.65 Å². The van der Waals surface area contributed by atoms with Crippen LogP contribution in [0.25, 0.3) is 11.0 Å². The molecule has 2 aliphatic heterocycles. The van der Waals surface area contributed by atoms with Crippen molar-refractivity contribution in [2.45, 2.75) is 45.1 Å². The lowest BCUT2D eigenvalue weighted by Gasteiger charge is -2.53. The molecule has 7 heteroatoms. The SMILES string of the molecule is CC(C)CC(=O)N1CCC2(C1)CC1(C2)OB(O)c2cnc3[nH]ccc3c21. The van der Waals surface area contributed by atoms with Gasteiger partial charge in [0.2, 0.25) is 5.91 Å². The summed E-state index contributed by atoms with van der Waals surface area (Å²) in [5.74, 6) is 0.657. The average Bonchev–Trinajstić information content (AvgIpc) is 3.24. The van der Waals surface area contributed by atoms with E-state index >= 15 is 0 Å². The van der Waals surface area contributed by atoms with Gasteiger partial charge in [0.15, 0.2) is 0 Å². The van der Waals surface area contributed by atoms with E-state index in [0.29, 0.717) is 12.3 Å². The van der Waals surface area contributed by atoms with E-state index in [1.165, 1.54) is 0 Å². The number of nitrogens with one attached hydrogen (secondary N) is 1. The van der Waals surface area contributed by atoms with Gasteiger partial charge in [0.25, 0.3) is 0 Å². The molecular weight excluding hydrogens is 329 g/mol. The number of amides is 1. The summed E-state index contributed by atoms with van der Waals surface area (Å²) in [4.78, 5) is 22.0. The summed E-state index contributed by atoms with van der Waals surface area (Å²) in [6, 6.07) is 2.02. The summed E-state index contributed by atoms with van der Waals surface area (Å²) in [5.41, 5.74) is 2.41. The predicted molar refractivity (Wildman–Crippen MR) is 98.8 cm³/mol. The van der Waals surface area contributed by atoms with Gasteiger partial charge in [0.05, 0.1) is 5.60 Å². The van der Waals surface area contributed by atoms with E-state index in [1.807, 2.05) is 17.2 Å². The van der Waals surface area contributed by atoms with Crippen molar-refractivity contribution in [2.24, 2.45) is 11.3 Å². The smallest absolute Gasteiger partial charge is 0.423 e. The van der Waals surface area contributed by atoms with Gasteiger partial charge in [-0.2, -0.15) is 0 Å². The van der Waals surface area contributed by atoms with Crippen LogP contribution in [0.4, 0.5) is 0 Å². The minimum atomic E-state index is -0.908. The predicted octanol–water partition coefficient (Wildman–Crippen LogP) is 1.53. The zero-order chi connectivity index (χ0) is 18.1. The van der Waals surface area contributed by atoms with Crippen molar-refractivity contribution in [3.05, 3.63) is 24.0 Å². The molecule has 2 N–H and O–H groups in total. The molecule has 0 bridgehead atoms. The van der Waals surface area contributed by atoms with Gasteiger partial charge in [0.1, 0.15) is 5.65 Å². The fourth-order valence-corrected chi connectivity index (χ4v) is 5.39. The second-order valence-electron chi connectivity index (χ2n) is 8.81. The van der Waals surface area contributed by atoms with Crippen molar-refractivity contribution < 1.29 is 14.5 Å². The summed E-state index contributed by atoms with van der Waals surface area (Å²) in [7, 11) is -0.908. The Hall–Kier alpha value is -1.86. The maximum Gasteiger partial charge on any atom is 0.493 e. The molecular formula is C19H24BN3O3. The maximum absolute atomic E-state index is 12.4. The van der Waals surface area contributed by atoms with Crippen molar-refractivity contribution in [1.82, 2.24) is 14.9 Å². The molecule has 5 rings (SSSR count). The Labute approximate surface area is 153 Å². The van der Waals surface area contributed by atoms with Crippen molar-refractivity contribution in [3.63, 3.8) is 0 Å². The molecule has 136 valence electrons. The Bertz CT molecular complexity index is 887. The number of pyridine rings is 1. The number of rotatable bonds is 2. The lowest BCUT2D eigenvalue weighted by atomic mass is 9.56. The van der Waals surface area contributed by atoms with Crippen molar-refractivity contribution >= 4 is 29.5 Å². The molecule has 0 aromatic carbocycles. The third-order valence-corrected chi connectivity index (χ3v) is 6.37. The van der Waals surface area contributed by atoms with Crippen LogP contribution >= 0.6 is 0 Å². The molecule has 0 unspecified atom stereocenters. The van der Waals surface area contributed by atoms with Crippen LogP contribution in [-0.2, 0) is 15.0 Å². The third-order valence-electron chi connectivity index (χ3n) is 6.37. The van der Waals surface area contributed by atoms with E-state index in [0.717, 1.165) is 54.4 Å². The molecule has 1 amide bonds. The molecule has 3 aliphatic rings. The van der Waals surface area contributed by atoms with Crippen molar-refractivity contribution in [2.75, 3.05) is 13.1 Å². The average molecular weight is 353 g/mol. The zero-order valence-electron chi connectivity index (χ0n) is 15.3. The van der Waals surface area contributed by atoms with E-state index in [9.17, 15) is 9.82 Å². The van der Waals surface area contributed by atoms with Gasteiger partial charge in [-0.15, -0.1) is 0 Å². The summed E-state index contributed by atoms with van der Waals surface area (Å²) in [6.07, 6.45) is 6.97. The second-order valence-corrected chi connectivity index (χ2v) is 8.81. The normalized spacial score (nSPS) is 30.0. The van der Waals surface area contributed by atoms with E-state index in [-0.39, 0.29) is 11.3 Å².